The van der Waals surface area contributed by atoms with Crippen molar-refractivity contribution in [3.63, 3.8) is 0 Å². The van der Waals surface area contributed by atoms with Crippen molar-refractivity contribution < 1.29 is 4.92 Å². The molecule has 0 aliphatic carbocycles. The highest BCUT2D eigenvalue weighted by molar-refractivity contribution is 5.11. The maximum Gasteiger partial charge on any atom is 0.456 e. The summed E-state index contributed by atoms with van der Waals surface area (Å²) in [7, 11) is 0. The van der Waals surface area contributed by atoms with E-state index < -0.39 is 4.92 Å². The zero-order valence-electron chi connectivity index (χ0n) is 12.8. The van der Waals surface area contributed by atoms with E-state index in [-0.39, 0.29) is 5.95 Å². The van der Waals surface area contributed by atoms with Crippen LogP contribution in [0.5, 0.6) is 0 Å². The summed E-state index contributed by atoms with van der Waals surface area (Å²) in [5.74, 6) is -0.127. The molecule has 1 aromatic heterocycles. The van der Waals surface area contributed by atoms with Gasteiger partial charge in [0.2, 0.25) is 0 Å². The van der Waals surface area contributed by atoms with Crippen LogP contribution in [0, 0.1) is 10.1 Å². The standard InChI is InChI=1S/C13H25N7O2/c21-20(22)13-17-9-12-19(13)18-10-2-5-15-7-6-14-3-1-4-16-8-11-18/h9,12,14-16H,1-8,10-11H2. The number of hydrogen-bond acceptors (Lipinski definition) is 7. The van der Waals surface area contributed by atoms with Gasteiger partial charge in [-0.1, -0.05) is 4.98 Å². The van der Waals surface area contributed by atoms with Crippen LogP contribution in [-0.2, 0) is 0 Å². The van der Waals surface area contributed by atoms with E-state index in [4.69, 9.17) is 0 Å². The highest BCUT2D eigenvalue weighted by Crippen LogP contribution is 2.08. The molecule has 2 heterocycles. The van der Waals surface area contributed by atoms with Crippen LogP contribution >= 0.6 is 0 Å². The van der Waals surface area contributed by atoms with Crippen LogP contribution < -0.4 is 21.0 Å². The van der Waals surface area contributed by atoms with Crippen molar-refractivity contribution in [1.82, 2.24) is 25.6 Å². The van der Waals surface area contributed by atoms with Gasteiger partial charge in [0, 0.05) is 26.2 Å². The Hall–Kier alpha value is -1.71. The molecule has 1 saturated heterocycles. The van der Waals surface area contributed by atoms with Gasteiger partial charge in [-0.05, 0) is 37.4 Å². The van der Waals surface area contributed by atoms with E-state index >= 15 is 0 Å². The van der Waals surface area contributed by atoms with Crippen LogP contribution in [0.2, 0.25) is 0 Å². The molecule has 22 heavy (non-hydrogen) atoms. The first-order valence-electron chi connectivity index (χ1n) is 7.84. The number of nitro groups is 1. The number of aromatic nitrogens is 2. The molecular formula is C13H25N7O2. The van der Waals surface area contributed by atoms with Gasteiger partial charge in [0.05, 0.1) is 6.54 Å². The predicted octanol–water partition coefficient (Wildman–Crippen LogP) is -0.708. The summed E-state index contributed by atoms with van der Waals surface area (Å²) in [5, 5.41) is 23.2. The van der Waals surface area contributed by atoms with Gasteiger partial charge in [0.1, 0.15) is 12.4 Å². The second-order valence-corrected chi connectivity index (χ2v) is 5.24. The SMILES string of the molecule is O=[N+]([O-])c1nccn1N1CCCNCCNCCCNCC1. The van der Waals surface area contributed by atoms with E-state index in [2.05, 4.69) is 20.9 Å². The van der Waals surface area contributed by atoms with Crippen LogP contribution in [0.15, 0.2) is 12.4 Å². The number of rotatable bonds is 2. The average molecular weight is 311 g/mol. The van der Waals surface area contributed by atoms with E-state index in [9.17, 15) is 10.1 Å². The molecule has 1 aromatic rings. The molecule has 1 aliphatic heterocycles. The molecule has 0 spiro atoms. The molecule has 9 nitrogen and oxygen atoms in total. The largest absolute Gasteiger partial charge is 0.456 e. The zero-order valence-corrected chi connectivity index (χ0v) is 12.8. The van der Waals surface area contributed by atoms with Crippen LogP contribution in [-0.4, -0.2) is 66.9 Å². The smallest absolute Gasteiger partial charge is 0.390 e. The summed E-state index contributed by atoms with van der Waals surface area (Å²) < 4.78 is 1.55. The van der Waals surface area contributed by atoms with Crippen molar-refractivity contribution in [2.24, 2.45) is 0 Å². The van der Waals surface area contributed by atoms with Crippen LogP contribution in [0.3, 0.4) is 0 Å². The molecular weight excluding hydrogens is 286 g/mol. The van der Waals surface area contributed by atoms with E-state index in [0.717, 1.165) is 58.7 Å². The molecule has 1 fully saturated rings. The molecule has 0 bridgehead atoms. The van der Waals surface area contributed by atoms with Gasteiger partial charge in [0.15, 0.2) is 0 Å². The van der Waals surface area contributed by atoms with Gasteiger partial charge in [-0.25, -0.2) is 0 Å². The number of nitrogens with one attached hydrogen (secondary N) is 3. The van der Waals surface area contributed by atoms with Gasteiger partial charge < -0.3 is 26.1 Å². The van der Waals surface area contributed by atoms with Crippen molar-refractivity contribution in [2.75, 3.05) is 57.4 Å². The van der Waals surface area contributed by atoms with Gasteiger partial charge in [-0.2, -0.15) is 0 Å². The molecule has 124 valence electrons. The average Bonchev–Trinajstić information content (AvgIpc) is 2.99. The Labute approximate surface area is 130 Å². The summed E-state index contributed by atoms with van der Waals surface area (Å²) >= 11 is 0. The van der Waals surface area contributed by atoms with Crippen LogP contribution in [0.1, 0.15) is 12.8 Å². The normalized spacial score (nSPS) is 19.5. The molecule has 9 heteroatoms. The number of hydrogen-bond donors (Lipinski definition) is 3. The van der Waals surface area contributed by atoms with Crippen molar-refractivity contribution in [3.05, 3.63) is 22.5 Å². The molecule has 0 saturated carbocycles. The lowest BCUT2D eigenvalue weighted by Crippen LogP contribution is -2.42. The fourth-order valence-corrected chi connectivity index (χ4v) is 2.45. The highest BCUT2D eigenvalue weighted by Gasteiger charge is 2.19. The fraction of sp³-hybridized carbons (Fsp3) is 0.769. The summed E-state index contributed by atoms with van der Waals surface area (Å²) in [4.78, 5) is 14.4. The summed E-state index contributed by atoms with van der Waals surface area (Å²) in [6, 6.07) is 0. The van der Waals surface area contributed by atoms with Gasteiger partial charge in [-0.3, -0.25) is 5.01 Å². The highest BCUT2D eigenvalue weighted by atomic mass is 16.6. The van der Waals surface area contributed by atoms with Crippen molar-refractivity contribution >= 4 is 5.95 Å². The van der Waals surface area contributed by atoms with Gasteiger partial charge in [-0.15, -0.1) is 4.68 Å². The first-order valence-corrected chi connectivity index (χ1v) is 7.84. The quantitative estimate of drug-likeness (QED) is 0.490. The maximum absolute atomic E-state index is 11.0. The molecule has 0 unspecified atom stereocenters. The third kappa shape index (κ3) is 5.24. The minimum atomic E-state index is -0.442. The molecule has 0 atom stereocenters. The Bertz CT molecular complexity index is 437. The zero-order chi connectivity index (χ0) is 15.6. The Morgan fingerprint density at radius 1 is 1.00 bits per heavy atom. The Kier molecular flexibility index (Phi) is 7.07. The lowest BCUT2D eigenvalue weighted by atomic mass is 10.3. The van der Waals surface area contributed by atoms with Gasteiger partial charge >= 0.3 is 5.95 Å². The molecule has 2 rings (SSSR count). The van der Waals surface area contributed by atoms with Crippen molar-refractivity contribution in [1.29, 1.82) is 0 Å². The molecule has 0 aromatic carbocycles. The van der Waals surface area contributed by atoms with Gasteiger partial charge in [0.25, 0.3) is 0 Å². The second-order valence-electron chi connectivity index (χ2n) is 5.24. The minimum absolute atomic E-state index is 0.127. The first kappa shape index (κ1) is 16.7. The topological polar surface area (TPSA) is 100 Å². The summed E-state index contributed by atoms with van der Waals surface area (Å²) in [5.41, 5.74) is 0. The third-order valence-electron chi connectivity index (χ3n) is 3.57. The second kappa shape index (κ2) is 9.34. The monoisotopic (exact) mass is 311 g/mol. The maximum atomic E-state index is 11.0. The lowest BCUT2D eigenvalue weighted by Gasteiger charge is -2.23. The predicted molar refractivity (Wildman–Crippen MR) is 84.7 cm³/mol. The van der Waals surface area contributed by atoms with Crippen LogP contribution in [0.25, 0.3) is 0 Å². The molecule has 0 radical (unpaired) electrons. The fourth-order valence-electron chi connectivity index (χ4n) is 2.45. The molecule has 3 N–H and O–H groups in total. The molecule has 1 aliphatic rings. The number of imidazole rings is 1. The summed E-state index contributed by atoms with van der Waals surface area (Å²) in [6.45, 7) is 7.02. The Morgan fingerprint density at radius 2 is 1.68 bits per heavy atom. The third-order valence-corrected chi connectivity index (χ3v) is 3.57. The number of nitrogens with zero attached hydrogens (tertiary/aromatic N) is 4. The minimum Gasteiger partial charge on any atom is -0.390 e. The Morgan fingerprint density at radius 3 is 2.41 bits per heavy atom. The first-order chi connectivity index (χ1) is 10.8. The Balaban J connectivity index is 1.95. The van der Waals surface area contributed by atoms with E-state index in [1.54, 1.807) is 10.9 Å². The summed E-state index contributed by atoms with van der Waals surface area (Å²) in [6.07, 6.45) is 5.12. The lowest BCUT2D eigenvalue weighted by molar-refractivity contribution is -0.396. The molecule has 0 amide bonds. The van der Waals surface area contributed by atoms with E-state index in [0.29, 0.717) is 6.54 Å². The van der Waals surface area contributed by atoms with Crippen LogP contribution in [0.4, 0.5) is 5.95 Å². The van der Waals surface area contributed by atoms with Crippen molar-refractivity contribution in [2.45, 2.75) is 12.8 Å². The van der Waals surface area contributed by atoms with E-state index in [1.807, 2.05) is 5.01 Å². The van der Waals surface area contributed by atoms with Crippen molar-refractivity contribution in [3.8, 4) is 0 Å². The van der Waals surface area contributed by atoms with E-state index in [1.165, 1.54) is 6.20 Å².